The van der Waals surface area contributed by atoms with Crippen molar-refractivity contribution in [3.8, 4) is 27.9 Å². The fourth-order valence-corrected chi connectivity index (χ4v) is 7.69. The summed E-state index contributed by atoms with van der Waals surface area (Å²) in [6.07, 6.45) is 11.7. The molecule has 2 unspecified atom stereocenters. The molecule has 210 valence electrons. The predicted octanol–water partition coefficient (Wildman–Crippen LogP) is 10.8. The Morgan fingerprint density at radius 2 is 1.20 bits per heavy atom. The van der Waals surface area contributed by atoms with Crippen LogP contribution in [0.2, 0.25) is 0 Å². The number of aromatic nitrogens is 1. The van der Waals surface area contributed by atoms with Crippen LogP contribution in [0.15, 0.2) is 146 Å². The van der Waals surface area contributed by atoms with Crippen molar-refractivity contribution in [3.63, 3.8) is 0 Å². The molecule has 0 bridgehead atoms. The maximum absolute atomic E-state index is 2.61. The molecule has 2 heteroatoms. The zero-order chi connectivity index (χ0) is 29.0. The normalized spacial score (nSPS) is 17.6. The minimum Gasteiger partial charge on any atom is -0.331 e. The van der Waals surface area contributed by atoms with Crippen LogP contribution < -0.4 is 4.90 Å². The number of anilines is 2. The molecule has 2 atom stereocenters. The van der Waals surface area contributed by atoms with Crippen molar-refractivity contribution in [2.45, 2.75) is 24.8 Å². The molecule has 44 heavy (non-hydrogen) atoms. The van der Waals surface area contributed by atoms with Crippen molar-refractivity contribution in [1.29, 1.82) is 0 Å². The Morgan fingerprint density at radius 1 is 0.568 bits per heavy atom. The lowest BCUT2D eigenvalue weighted by Crippen LogP contribution is -2.26. The highest BCUT2D eigenvalue weighted by molar-refractivity contribution is 5.83. The van der Waals surface area contributed by atoms with E-state index in [4.69, 9.17) is 0 Å². The Hall–Kier alpha value is -5.34. The number of fused-ring (bicyclic) bond motifs is 7. The van der Waals surface area contributed by atoms with Crippen molar-refractivity contribution in [3.05, 3.63) is 174 Å². The number of hydrogen-bond donors (Lipinski definition) is 0. The van der Waals surface area contributed by atoms with E-state index >= 15 is 0 Å². The van der Waals surface area contributed by atoms with E-state index in [0.29, 0.717) is 0 Å². The molecule has 5 aromatic carbocycles. The standard InChI is InChI=1S/C42H32N2/c1-3-13-29(14-4-1)31-17-11-19-33(27-31)43-39-23-9-7-21-35(39)37-25-26-38-36-22-8-10-24-40(36)44(42(38)41(37)43)34-20-12-18-32(28-34)30-15-5-2-6-16-30/h1-7,9-21,23-28,37,41H,8,22H2. The van der Waals surface area contributed by atoms with Crippen LogP contribution in [0, 0.1) is 0 Å². The van der Waals surface area contributed by atoms with Crippen LogP contribution in [-0.2, 0) is 6.42 Å². The summed E-state index contributed by atoms with van der Waals surface area (Å²) in [5.41, 5.74) is 15.7. The minimum atomic E-state index is 0.137. The molecule has 9 rings (SSSR count). The van der Waals surface area contributed by atoms with Crippen molar-refractivity contribution in [2.24, 2.45) is 0 Å². The van der Waals surface area contributed by atoms with Crippen molar-refractivity contribution < 1.29 is 0 Å². The van der Waals surface area contributed by atoms with E-state index in [1.165, 1.54) is 67.4 Å². The zero-order valence-electron chi connectivity index (χ0n) is 24.5. The van der Waals surface area contributed by atoms with Crippen LogP contribution in [0.3, 0.4) is 0 Å². The van der Waals surface area contributed by atoms with Gasteiger partial charge < -0.3 is 9.47 Å². The number of rotatable bonds is 4. The minimum absolute atomic E-state index is 0.137. The van der Waals surface area contributed by atoms with Gasteiger partial charge in [-0.05, 0) is 82.6 Å². The van der Waals surface area contributed by atoms with Crippen LogP contribution in [0.5, 0.6) is 0 Å². The molecule has 0 saturated heterocycles. The first-order valence-corrected chi connectivity index (χ1v) is 15.7. The molecule has 6 aromatic rings. The molecule has 2 nitrogen and oxygen atoms in total. The summed E-state index contributed by atoms with van der Waals surface area (Å²) in [5, 5.41) is 0. The summed E-state index contributed by atoms with van der Waals surface area (Å²) >= 11 is 0. The first-order valence-electron chi connectivity index (χ1n) is 15.7. The first kappa shape index (κ1) is 25.2. The second-order valence-electron chi connectivity index (χ2n) is 12.0. The molecule has 0 radical (unpaired) electrons. The molecule has 0 N–H and O–H groups in total. The van der Waals surface area contributed by atoms with Gasteiger partial charge in [-0.3, -0.25) is 0 Å². The van der Waals surface area contributed by atoms with Gasteiger partial charge in [-0.15, -0.1) is 0 Å². The van der Waals surface area contributed by atoms with E-state index in [0.717, 1.165) is 12.8 Å². The SMILES string of the molecule is C1=Cc2c(c3c(n2-c2cccc(-c4ccccc4)c2)C2C(C=C3)c3ccccc3N2c2cccc(-c3ccccc3)c2)CC1. The van der Waals surface area contributed by atoms with Gasteiger partial charge in [0.25, 0.3) is 0 Å². The van der Waals surface area contributed by atoms with Gasteiger partial charge >= 0.3 is 0 Å². The van der Waals surface area contributed by atoms with Gasteiger partial charge in [-0.2, -0.15) is 0 Å². The van der Waals surface area contributed by atoms with Crippen molar-refractivity contribution >= 4 is 23.5 Å². The summed E-state index contributed by atoms with van der Waals surface area (Å²) in [6, 6.07) is 48.8. The summed E-state index contributed by atoms with van der Waals surface area (Å²) in [6.45, 7) is 0. The fraction of sp³-hybridized carbons (Fsp3) is 0.0952. The van der Waals surface area contributed by atoms with Crippen LogP contribution in [0.4, 0.5) is 11.4 Å². The van der Waals surface area contributed by atoms with Crippen LogP contribution in [-0.4, -0.2) is 4.57 Å². The topological polar surface area (TPSA) is 8.17 Å². The van der Waals surface area contributed by atoms with E-state index in [2.05, 4.69) is 167 Å². The summed E-state index contributed by atoms with van der Waals surface area (Å²) in [5.74, 6) is 0.260. The largest absolute Gasteiger partial charge is 0.331 e. The molecule has 3 aliphatic rings. The maximum atomic E-state index is 2.61. The highest BCUT2D eigenvalue weighted by Crippen LogP contribution is 2.57. The lowest BCUT2D eigenvalue weighted by molar-refractivity contribution is 0.632. The number of allylic oxidation sites excluding steroid dienone is 1. The number of hydrogen-bond acceptors (Lipinski definition) is 1. The Balaban J connectivity index is 1.28. The van der Waals surface area contributed by atoms with Gasteiger partial charge in [-0.1, -0.05) is 121 Å². The quantitative estimate of drug-likeness (QED) is 0.207. The van der Waals surface area contributed by atoms with Crippen LogP contribution in [0.1, 0.15) is 46.5 Å². The van der Waals surface area contributed by atoms with Crippen molar-refractivity contribution in [1.82, 2.24) is 4.57 Å². The second-order valence-corrected chi connectivity index (χ2v) is 12.0. The highest BCUT2D eigenvalue weighted by Gasteiger charge is 2.44. The van der Waals surface area contributed by atoms with Crippen molar-refractivity contribution in [2.75, 3.05) is 4.90 Å². The average Bonchev–Trinajstić information content (AvgIpc) is 3.62. The molecule has 0 spiro atoms. The van der Waals surface area contributed by atoms with E-state index in [1.807, 2.05) is 0 Å². The molecular formula is C42H32N2. The number of para-hydroxylation sites is 1. The molecule has 0 saturated carbocycles. The van der Waals surface area contributed by atoms with Gasteiger partial charge in [-0.25, -0.2) is 0 Å². The first-order chi connectivity index (χ1) is 21.8. The molecule has 0 fully saturated rings. The third-order valence-corrected chi connectivity index (χ3v) is 9.60. The molecule has 2 heterocycles. The van der Waals surface area contributed by atoms with Gasteiger partial charge in [0.15, 0.2) is 0 Å². The second kappa shape index (κ2) is 10.1. The van der Waals surface area contributed by atoms with Crippen LogP contribution in [0.25, 0.3) is 40.1 Å². The lowest BCUT2D eigenvalue weighted by Gasteiger charge is -2.34. The average molecular weight is 565 g/mol. The lowest BCUT2D eigenvalue weighted by atomic mass is 9.84. The fourth-order valence-electron chi connectivity index (χ4n) is 7.69. The number of nitrogens with zero attached hydrogens (tertiary/aromatic N) is 2. The van der Waals surface area contributed by atoms with E-state index < -0.39 is 0 Å². The van der Waals surface area contributed by atoms with Crippen LogP contribution >= 0.6 is 0 Å². The van der Waals surface area contributed by atoms with Gasteiger partial charge in [0, 0.05) is 34.2 Å². The summed E-state index contributed by atoms with van der Waals surface area (Å²) < 4.78 is 2.58. The Morgan fingerprint density at radius 3 is 1.95 bits per heavy atom. The maximum Gasteiger partial charge on any atom is 0.0856 e. The van der Waals surface area contributed by atoms with Gasteiger partial charge in [0.1, 0.15) is 0 Å². The molecular weight excluding hydrogens is 532 g/mol. The van der Waals surface area contributed by atoms with E-state index in [9.17, 15) is 0 Å². The Kier molecular flexibility index (Phi) is 5.80. The molecule has 1 aliphatic heterocycles. The van der Waals surface area contributed by atoms with E-state index in [1.54, 1.807) is 0 Å². The molecule has 2 aliphatic carbocycles. The van der Waals surface area contributed by atoms with Gasteiger partial charge in [0.2, 0.25) is 0 Å². The highest BCUT2D eigenvalue weighted by atomic mass is 15.2. The smallest absolute Gasteiger partial charge is 0.0856 e. The molecule has 1 aromatic heterocycles. The summed E-state index contributed by atoms with van der Waals surface area (Å²) in [7, 11) is 0. The number of benzene rings is 5. The molecule has 0 amide bonds. The zero-order valence-corrected chi connectivity index (χ0v) is 24.5. The third kappa shape index (κ3) is 3.88. The summed E-state index contributed by atoms with van der Waals surface area (Å²) in [4.78, 5) is 2.61. The Bertz CT molecular complexity index is 2080. The van der Waals surface area contributed by atoms with Gasteiger partial charge in [0.05, 0.1) is 11.7 Å². The van der Waals surface area contributed by atoms with E-state index in [-0.39, 0.29) is 12.0 Å². The monoisotopic (exact) mass is 564 g/mol. The predicted molar refractivity (Wildman–Crippen MR) is 184 cm³/mol. The Labute approximate surface area is 258 Å². The third-order valence-electron chi connectivity index (χ3n) is 9.60.